The van der Waals surface area contributed by atoms with Crippen LogP contribution in [0.25, 0.3) is 0 Å². The molecule has 0 bridgehead atoms. The Morgan fingerprint density at radius 3 is 1.85 bits per heavy atom. The van der Waals surface area contributed by atoms with Crippen LogP contribution in [-0.4, -0.2) is 12.2 Å². The summed E-state index contributed by atoms with van der Waals surface area (Å²) < 4.78 is 5.75. The van der Waals surface area contributed by atoms with Crippen LogP contribution in [-0.2, 0) is 4.74 Å². The van der Waals surface area contributed by atoms with Crippen molar-refractivity contribution in [2.45, 2.75) is 59.7 Å². The molecule has 0 spiro atoms. The zero-order valence-corrected chi connectivity index (χ0v) is 9.71. The minimum absolute atomic E-state index is 0.468. The number of hydrogen-bond acceptors (Lipinski definition) is 1. The van der Waals surface area contributed by atoms with Gasteiger partial charge in [0.15, 0.2) is 0 Å². The smallest absolute Gasteiger partial charge is 0.0553 e. The molecule has 0 aromatic carbocycles. The van der Waals surface area contributed by atoms with Crippen LogP contribution in [0.5, 0.6) is 0 Å². The van der Waals surface area contributed by atoms with Gasteiger partial charge in [0.2, 0.25) is 0 Å². The second kappa shape index (κ2) is 4.45. The molecule has 1 fully saturated rings. The average Bonchev–Trinajstić information content (AvgIpc) is 2.01. The molecule has 1 nitrogen and oxygen atoms in total. The molecule has 0 N–H and O–H groups in total. The molecule has 3 atom stereocenters. The molecule has 13 heavy (non-hydrogen) atoms. The molecule has 0 saturated carbocycles. The van der Waals surface area contributed by atoms with Crippen LogP contribution in [0.3, 0.4) is 0 Å². The standard InChI is InChI=1S/C12H24O/c1-8(2)11(5)12-6-9(3)13-10(4)7-12/h8-12H,6-7H2,1-5H3. The monoisotopic (exact) mass is 184 g/mol. The van der Waals surface area contributed by atoms with E-state index >= 15 is 0 Å². The summed E-state index contributed by atoms with van der Waals surface area (Å²) in [5, 5.41) is 0. The van der Waals surface area contributed by atoms with Crippen molar-refractivity contribution in [2.75, 3.05) is 0 Å². The van der Waals surface area contributed by atoms with Gasteiger partial charge >= 0.3 is 0 Å². The van der Waals surface area contributed by atoms with Gasteiger partial charge in [-0.3, -0.25) is 0 Å². The zero-order chi connectivity index (χ0) is 10.0. The molecule has 1 rings (SSSR count). The minimum Gasteiger partial charge on any atom is -0.376 e. The first-order chi connectivity index (χ1) is 6.00. The predicted octanol–water partition coefficient (Wildman–Crippen LogP) is 3.48. The summed E-state index contributed by atoms with van der Waals surface area (Å²) in [4.78, 5) is 0. The van der Waals surface area contributed by atoms with Crippen molar-refractivity contribution in [3.8, 4) is 0 Å². The molecule has 78 valence electrons. The molecule has 0 aromatic heterocycles. The summed E-state index contributed by atoms with van der Waals surface area (Å²) in [6.07, 6.45) is 3.44. The Hall–Kier alpha value is -0.0400. The Morgan fingerprint density at radius 2 is 1.46 bits per heavy atom. The molecule has 1 aliphatic heterocycles. The third-order valence-electron chi connectivity index (χ3n) is 3.53. The lowest BCUT2D eigenvalue weighted by molar-refractivity contribution is -0.0657. The van der Waals surface area contributed by atoms with E-state index in [1.54, 1.807) is 0 Å². The number of hydrogen-bond donors (Lipinski definition) is 0. The van der Waals surface area contributed by atoms with Crippen molar-refractivity contribution >= 4 is 0 Å². The first-order valence-electron chi connectivity index (χ1n) is 5.66. The topological polar surface area (TPSA) is 9.23 Å². The highest BCUT2D eigenvalue weighted by Gasteiger charge is 2.29. The second-order valence-electron chi connectivity index (χ2n) is 5.09. The van der Waals surface area contributed by atoms with E-state index in [-0.39, 0.29) is 0 Å². The number of rotatable bonds is 2. The van der Waals surface area contributed by atoms with Gasteiger partial charge in [-0.25, -0.2) is 0 Å². The van der Waals surface area contributed by atoms with Gasteiger partial charge in [-0.1, -0.05) is 20.8 Å². The van der Waals surface area contributed by atoms with Crippen molar-refractivity contribution < 1.29 is 4.74 Å². The fraction of sp³-hybridized carbons (Fsp3) is 1.00. The zero-order valence-electron chi connectivity index (χ0n) is 9.71. The summed E-state index contributed by atoms with van der Waals surface area (Å²) in [5.74, 6) is 2.52. The molecule has 3 unspecified atom stereocenters. The summed E-state index contributed by atoms with van der Waals surface area (Å²) >= 11 is 0. The molecule has 1 aliphatic rings. The Labute approximate surface area is 82.9 Å². The van der Waals surface area contributed by atoms with Crippen LogP contribution in [0.4, 0.5) is 0 Å². The van der Waals surface area contributed by atoms with Gasteiger partial charge in [-0.2, -0.15) is 0 Å². The lowest BCUT2D eigenvalue weighted by atomic mass is 9.77. The predicted molar refractivity (Wildman–Crippen MR) is 56.7 cm³/mol. The lowest BCUT2D eigenvalue weighted by Gasteiger charge is -2.37. The molecular formula is C12H24O. The Morgan fingerprint density at radius 1 is 1.00 bits per heavy atom. The van der Waals surface area contributed by atoms with Gasteiger partial charge in [0.1, 0.15) is 0 Å². The van der Waals surface area contributed by atoms with Gasteiger partial charge < -0.3 is 4.74 Å². The molecule has 0 aliphatic carbocycles. The fourth-order valence-corrected chi connectivity index (χ4v) is 2.43. The van der Waals surface area contributed by atoms with Crippen molar-refractivity contribution in [3.05, 3.63) is 0 Å². The van der Waals surface area contributed by atoms with Gasteiger partial charge in [0.05, 0.1) is 12.2 Å². The van der Waals surface area contributed by atoms with E-state index in [1.165, 1.54) is 12.8 Å². The maximum absolute atomic E-state index is 5.75. The highest BCUT2D eigenvalue weighted by Crippen LogP contribution is 2.33. The van der Waals surface area contributed by atoms with Crippen molar-refractivity contribution in [1.82, 2.24) is 0 Å². The van der Waals surface area contributed by atoms with Crippen LogP contribution >= 0.6 is 0 Å². The van der Waals surface area contributed by atoms with Crippen molar-refractivity contribution in [1.29, 1.82) is 0 Å². The second-order valence-corrected chi connectivity index (χ2v) is 5.09. The molecular weight excluding hydrogens is 160 g/mol. The summed E-state index contributed by atoms with van der Waals surface area (Å²) in [6.45, 7) is 11.5. The van der Waals surface area contributed by atoms with Crippen LogP contribution in [0.15, 0.2) is 0 Å². The molecule has 0 aromatic rings. The largest absolute Gasteiger partial charge is 0.376 e. The highest BCUT2D eigenvalue weighted by molar-refractivity contribution is 4.78. The van der Waals surface area contributed by atoms with E-state index < -0.39 is 0 Å². The van der Waals surface area contributed by atoms with E-state index in [1.807, 2.05) is 0 Å². The van der Waals surface area contributed by atoms with Crippen LogP contribution in [0.1, 0.15) is 47.5 Å². The van der Waals surface area contributed by atoms with E-state index in [2.05, 4.69) is 34.6 Å². The lowest BCUT2D eigenvalue weighted by Crippen LogP contribution is -2.33. The quantitative estimate of drug-likeness (QED) is 0.638. The molecule has 1 heteroatoms. The molecule has 0 radical (unpaired) electrons. The molecule has 1 saturated heterocycles. The first kappa shape index (κ1) is 11.0. The van der Waals surface area contributed by atoms with Gasteiger partial charge in [-0.05, 0) is 44.4 Å². The summed E-state index contributed by atoms with van der Waals surface area (Å²) in [6, 6.07) is 0. The SMILES string of the molecule is CC1CC(C(C)C(C)C)CC(C)O1. The maximum Gasteiger partial charge on any atom is 0.0553 e. The van der Waals surface area contributed by atoms with Crippen molar-refractivity contribution in [3.63, 3.8) is 0 Å². The average molecular weight is 184 g/mol. The van der Waals surface area contributed by atoms with E-state index in [0.29, 0.717) is 12.2 Å². The summed E-state index contributed by atoms with van der Waals surface area (Å²) in [7, 11) is 0. The highest BCUT2D eigenvalue weighted by atomic mass is 16.5. The first-order valence-corrected chi connectivity index (χ1v) is 5.66. The third kappa shape index (κ3) is 2.98. The van der Waals surface area contributed by atoms with Crippen LogP contribution in [0, 0.1) is 17.8 Å². The number of ether oxygens (including phenoxy) is 1. The van der Waals surface area contributed by atoms with E-state index in [4.69, 9.17) is 4.74 Å². The Kier molecular flexibility index (Phi) is 3.78. The van der Waals surface area contributed by atoms with Gasteiger partial charge in [-0.15, -0.1) is 0 Å². The van der Waals surface area contributed by atoms with Gasteiger partial charge in [0, 0.05) is 0 Å². The maximum atomic E-state index is 5.75. The third-order valence-corrected chi connectivity index (χ3v) is 3.53. The van der Waals surface area contributed by atoms with Gasteiger partial charge in [0.25, 0.3) is 0 Å². The minimum atomic E-state index is 0.468. The van der Waals surface area contributed by atoms with Crippen LogP contribution in [0.2, 0.25) is 0 Å². The van der Waals surface area contributed by atoms with Crippen molar-refractivity contribution in [2.24, 2.45) is 17.8 Å². The van der Waals surface area contributed by atoms with Crippen LogP contribution < -0.4 is 0 Å². The molecule has 0 amide bonds. The van der Waals surface area contributed by atoms with E-state index in [9.17, 15) is 0 Å². The fourth-order valence-electron chi connectivity index (χ4n) is 2.43. The molecule has 1 heterocycles. The Bertz CT molecular complexity index is 143. The Balaban J connectivity index is 2.49. The normalized spacial score (nSPS) is 37.8. The van der Waals surface area contributed by atoms with E-state index in [0.717, 1.165) is 17.8 Å². The summed E-state index contributed by atoms with van der Waals surface area (Å²) in [5.41, 5.74) is 0.